The fraction of sp³-hybridized carbons (Fsp3) is 0.556. The van der Waals surface area contributed by atoms with Gasteiger partial charge in [0.25, 0.3) is 0 Å². The monoisotopic (exact) mass is 218 g/mol. The Bertz CT molecular complexity index is 214. The third-order valence-electron chi connectivity index (χ3n) is 1.53. The van der Waals surface area contributed by atoms with E-state index in [4.69, 9.17) is 0 Å². The molecule has 0 spiro atoms. The van der Waals surface area contributed by atoms with Crippen LogP contribution in [0.3, 0.4) is 0 Å². The minimum Gasteiger partial charge on any atom is -0.179 e. The summed E-state index contributed by atoms with van der Waals surface area (Å²) in [5, 5.41) is 2.12. The van der Waals surface area contributed by atoms with Crippen molar-refractivity contribution < 1.29 is 0 Å². The Labute approximate surface area is 88.2 Å². The maximum Gasteiger partial charge on any atom is 0.0598 e. The molecule has 0 fully saturated rings. The van der Waals surface area contributed by atoms with Crippen molar-refractivity contribution in [3.8, 4) is 0 Å². The molecule has 1 aromatic rings. The fourth-order valence-electron chi connectivity index (χ4n) is 0.658. The molecule has 0 aromatic carbocycles. The molecule has 0 atom stereocenters. The summed E-state index contributed by atoms with van der Waals surface area (Å²) < 4.78 is 1.41. The van der Waals surface area contributed by atoms with Crippen molar-refractivity contribution in [1.29, 1.82) is 0 Å². The first kappa shape index (κ1) is 10.5. The largest absolute Gasteiger partial charge is 0.179 e. The Morgan fingerprint density at radius 2 is 2.33 bits per heavy atom. The standard InChI is InChI=1S/C9H14S3/c1-9(2,6-10)7-12-8-4-3-5-11-8/h3-5,10H,6-7H2,1-2H3. The Kier molecular flexibility index (Phi) is 4.00. The molecule has 68 valence electrons. The van der Waals surface area contributed by atoms with Crippen LogP contribution in [0.5, 0.6) is 0 Å². The van der Waals surface area contributed by atoms with Crippen LogP contribution in [0, 0.1) is 5.41 Å². The van der Waals surface area contributed by atoms with Gasteiger partial charge in [0.05, 0.1) is 4.21 Å². The second-order valence-electron chi connectivity index (χ2n) is 3.54. The van der Waals surface area contributed by atoms with Crippen LogP contribution in [-0.2, 0) is 0 Å². The van der Waals surface area contributed by atoms with Crippen LogP contribution in [-0.4, -0.2) is 11.5 Å². The molecule has 0 bridgehead atoms. The maximum atomic E-state index is 4.32. The van der Waals surface area contributed by atoms with Crippen LogP contribution in [0.25, 0.3) is 0 Å². The first-order valence-electron chi connectivity index (χ1n) is 3.91. The van der Waals surface area contributed by atoms with E-state index in [1.165, 1.54) is 4.21 Å². The van der Waals surface area contributed by atoms with Crippen molar-refractivity contribution in [2.24, 2.45) is 5.41 Å². The quantitative estimate of drug-likeness (QED) is 0.592. The van der Waals surface area contributed by atoms with Crippen LogP contribution in [0.15, 0.2) is 21.7 Å². The second kappa shape index (κ2) is 4.58. The molecule has 12 heavy (non-hydrogen) atoms. The summed E-state index contributed by atoms with van der Waals surface area (Å²) in [6.45, 7) is 4.50. The van der Waals surface area contributed by atoms with Crippen molar-refractivity contribution in [3.05, 3.63) is 17.5 Å². The average molecular weight is 218 g/mol. The lowest BCUT2D eigenvalue weighted by Crippen LogP contribution is -2.16. The first-order valence-corrected chi connectivity index (χ1v) is 6.41. The first-order chi connectivity index (χ1) is 5.64. The Hall–Kier alpha value is 0.400. The van der Waals surface area contributed by atoms with E-state index in [-0.39, 0.29) is 0 Å². The van der Waals surface area contributed by atoms with Gasteiger partial charge in [-0.05, 0) is 22.6 Å². The van der Waals surface area contributed by atoms with Crippen molar-refractivity contribution in [2.45, 2.75) is 18.1 Å². The summed E-state index contributed by atoms with van der Waals surface area (Å²) in [5.41, 5.74) is 0.345. The number of rotatable bonds is 4. The summed E-state index contributed by atoms with van der Waals surface area (Å²) in [6, 6.07) is 4.27. The van der Waals surface area contributed by atoms with Gasteiger partial charge in [-0.2, -0.15) is 12.6 Å². The molecule has 0 saturated heterocycles. The number of thiophene rings is 1. The van der Waals surface area contributed by atoms with Gasteiger partial charge in [0.2, 0.25) is 0 Å². The van der Waals surface area contributed by atoms with Gasteiger partial charge in [-0.25, -0.2) is 0 Å². The molecular weight excluding hydrogens is 204 g/mol. The smallest absolute Gasteiger partial charge is 0.0598 e. The molecule has 0 N–H and O–H groups in total. The molecule has 1 aromatic heterocycles. The minimum atomic E-state index is 0.345. The van der Waals surface area contributed by atoms with Crippen molar-refractivity contribution in [3.63, 3.8) is 0 Å². The number of thioether (sulfide) groups is 1. The van der Waals surface area contributed by atoms with E-state index in [0.29, 0.717) is 5.41 Å². The van der Waals surface area contributed by atoms with Crippen molar-refractivity contribution in [1.82, 2.24) is 0 Å². The molecule has 0 saturated carbocycles. The van der Waals surface area contributed by atoms with Crippen molar-refractivity contribution >= 4 is 35.7 Å². The van der Waals surface area contributed by atoms with E-state index in [1.807, 2.05) is 23.1 Å². The zero-order chi connectivity index (χ0) is 9.03. The Morgan fingerprint density at radius 3 is 2.83 bits per heavy atom. The molecule has 3 heteroatoms. The molecule has 0 radical (unpaired) electrons. The molecule has 0 aliphatic heterocycles. The lowest BCUT2D eigenvalue weighted by Gasteiger charge is -2.20. The SMILES string of the molecule is CC(C)(CS)CSc1cccs1. The maximum absolute atomic E-state index is 4.32. The van der Waals surface area contributed by atoms with E-state index in [0.717, 1.165) is 11.5 Å². The van der Waals surface area contributed by atoms with Gasteiger partial charge in [0.15, 0.2) is 0 Å². The van der Waals surface area contributed by atoms with Gasteiger partial charge in [0, 0.05) is 5.75 Å². The van der Waals surface area contributed by atoms with E-state index in [1.54, 1.807) is 0 Å². The normalized spacial score (nSPS) is 11.9. The summed E-state index contributed by atoms with van der Waals surface area (Å²) in [5.74, 6) is 2.10. The van der Waals surface area contributed by atoms with Gasteiger partial charge >= 0.3 is 0 Å². The predicted octanol–water partition coefficient (Wildman–Crippen LogP) is 3.80. The van der Waals surface area contributed by atoms with Gasteiger partial charge in [-0.3, -0.25) is 0 Å². The van der Waals surface area contributed by atoms with Gasteiger partial charge in [0.1, 0.15) is 0 Å². The summed E-state index contributed by atoms with van der Waals surface area (Å²) in [4.78, 5) is 0. The van der Waals surface area contributed by atoms with Crippen LogP contribution in [0.4, 0.5) is 0 Å². The summed E-state index contributed by atoms with van der Waals surface area (Å²) >= 11 is 8.06. The molecular formula is C9H14S3. The molecule has 0 aliphatic carbocycles. The zero-order valence-electron chi connectivity index (χ0n) is 7.41. The summed E-state index contributed by atoms with van der Waals surface area (Å²) in [7, 11) is 0. The van der Waals surface area contributed by atoms with Gasteiger partial charge in [-0.1, -0.05) is 19.9 Å². The second-order valence-corrected chi connectivity index (χ2v) is 6.08. The van der Waals surface area contributed by atoms with Crippen LogP contribution in [0.1, 0.15) is 13.8 Å². The van der Waals surface area contributed by atoms with E-state index < -0.39 is 0 Å². The highest BCUT2D eigenvalue weighted by Gasteiger charge is 2.15. The number of thiol groups is 1. The molecule has 1 heterocycles. The number of hydrogen-bond donors (Lipinski definition) is 1. The topological polar surface area (TPSA) is 0 Å². The zero-order valence-corrected chi connectivity index (χ0v) is 9.94. The van der Waals surface area contributed by atoms with Crippen LogP contribution in [0.2, 0.25) is 0 Å². The lowest BCUT2D eigenvalue weighted by molar-refractivity contribution is 0.494. The highest BCUT2D eigenvalue weighted by atomic mass is 32.2. The van der Waals surface area contributed by atoms with Crippen molar-refractivity contribution in [2.75, 3.05) is 11.5 Å². The molecule has 0 nitrogen and oxygen atoms in total. The highest BCUT2D eigenvalue weighted by molar-refractivity contribution is 8.01. The fourth-order valence-corrected chi connectivity index (χ4v) is 2.79. The molecule has 1 rings (SSSR count). The summed E-state index contributed by atoms with van der Waals surface area (Å²) in [6.07, 6.45) is 0. The van der Waals surface area contributed by atoms with E-state index in [9.17, 15) is 0 Å². The van der Waals surface area contributed by atoms with Crippen LogP contribution < -0.4 is 0 Å². The molecule has 0 amide bonds. The number of hydrogen-bond acceptors (Lipinski definition) is 3. The molecule has 0 unspecified atom stereocenters. The third-order valence-corrected chi connectivity index (χ3v) is 5.03. The van der Waals surface area contributed by atoms with Gasteiger partial charge < -0.3 is 0 Å². The Morgan fingerprint density at radius 1 is 1.58 bits per heavy atom. The minimum absolute atomic E-state index is 0.345. The third kappa shape index (κ3) is 3.42. The predicted molar refractivity (Wildman–Crippen MR) is 62.7 cm³/mol. The van der Waals surface area contributed by atoms with Crippen LogP contribution >= 0.6 is 35.7 Å². The average Bonchev–Trinajstić information content (AvgIpc) is 2.53. The molecule has 0 aliphatic rings. The lowest BCUT2D eigenvalue weighted by atomic mass is 10.0. The van der Waals surface area contributed by atoms with E-state index >= 15 is 0 Å². The Balaban J connectivity index is 2.36. The highest BCUT2D eigenvalue weighted by Crippen LogP contribution is 2.30. The van der Waals surface area contributed by atoms with Gasteiger partial charge in [-0.15, -0.1) is 23.1 Å². The van der Waals surface area contributed by atoms with E-state index in [2.05, 4.69) is 44.0 Å².